The van der Waals surface area contributed by atoms with E-state index in [0.717, 1.165) is 36.4 Å². The molecule has 0 saturated carbocycles. The standard InChI is InChI=1S/C23H20FN3O4S/c24-16-7-13-19(14-8-16)32(30,31)26-21-5-2-1-4-20(21)23(29)25-17-9-11-18(12-10-17)27-15-3-6-22(27)28/h1-2,4-5,7-14,26H,3,6,15H2,(H,25,29). The third kappa shape index (κ3) is 4.62. The molecule has 3 aromatic carbocycles. The minimum atomic E-state index is -4.01. The predicted molar refractivity (Wildman–Crippen MR) is 120 cm³/mol. The number of halogens is 1. The highest BCUT2D eigenvalue weighted by Crippen LogP contribution is 2.25. The number of rotatable bonds is 6. The molecule has 4 rings (SSSR count). The van der Waals surface area contributed by atoms with Gasteiger partial charge in [0.2, 0.25) is 5.91 Å². The zero-order valence-electron chi connectivity index (χ0n) is 16.9. The zero-order valence-corrected chi connectivity index (χ0v) is 17.7. The number of nitrogens with zero attached hydrogens (tertiary/aromatic N) is 1. The third-order valence-corrected chi connectivity index (χ3v) is 6.43. The van der Waals surface area contributed by atoms with Gasteiger partial charge in [0.05, 0.1) is 16.1 Å². The number of hydrogen-bond acceptors (Lipinski definition) is 4. The average Bonchev–Trinajstić information content (AvgIpc) is 3.20. The molecule has 2 N–H and O–H groups in total. The molecule has 1 aliphatic heterocycles. The first kappa shape index (κ1) is 21.5. The fraction of sp³-hybridized carbons (Fsp3) is 0.130. The largest absolute Gasteiger partial charge is 0.322 e. The van der Waals surface area contributed by atoms with Crippen LogP contribution in [0.5, 0.6) is 0 Å². The molecule has 1 fully saturated rings. The second-order valence-electron chi connectivity index (χ2n) is 7.25. The molecular formula is C23H20FN3O4S. The Bertz CT molecular complexity index is 1260. The lowest BCUT2D eigenvalue weighted by atomic mass is 10.1. The van der Waals surface area contributed by atoms with E-state index >= 15 is 0 Å². The summed E-state index contributed by atoms with van der Waals surface area (Å²) < 4.78 is 40.8. The van der Waals surface area contributed by atoms with Crippen molar-refractivity contribution >= 4 is 38.9 Å². The van der Waals surface area contributed by atoms with Crippen LogP contribution < -0.4 is 14.9 Å². The lowest BCUT2D eigenvalue weighted by Gasteiger charge is -2.16. The van der Waals surface area contributed by atoms with Crippen LogP contribution in [0.2, 0.25) is 0 Å². The maximum atomic E-state index is 13.1. The molecule has 0 radical (unpaired) electrons. The Morgan fingerprint density at radius 1 is 0.938 bits per heavy atom. The topological polar surface area (TPSA) is 95.6 Å². The van der Waals surface area contributed by atoms with Crippen molar-refractivity contribution in [2.75, 3.05) is 21.5 Å². The van der Waals surface area contributed by atoms with Crippen LogP contribution in [0.1, 0.15) is 23.2 Å². The number of sulfonamides is 1. The molecule has 1 heterocycles. The molecular weight excluding hydrogens is 433 g/mol. The van der Waals surface area contributed by atoms with Crippen LogP contribution in [0.4, 0.5) is 21.5 Å². The minimum Gasteiger partial charge on any atom is -0.322 e. The van der Waals surface area contributed by atoms with Crippen molar-refractivity contribution in [2.24, 2.45) is 0 Å². The Kier molecular flexibility index (Phi) is 5.91. The van der Waals surface area contributed by atoms with Crippen molar-refractivity contribution in [3.63, 3.8) is 0 Å². The van der Waals surface area contributed by atoms with Crippen LogP contribution in [-0.4, -0.2) is 26.8 Å². The highest BCUT2D eigenvalue weighted by Gasteiger charge is 2.22. The van der Waals surface area contributed by atoms with Crippen LogP contribution in [-0.2, 0) is 14.8 Å². The number of carbonyl (C=O) groups excluding carboxylic acids is 2. The number of benzene rings is 3. The van der Waals surface area contributed by atoms with Gasteiger partial charge >= 0.3 is 0 Å². The molecule has 0 unspecified atom stereocenters. The van der Waals surface area contributed by atoms with Gasteiger partial charge in [-0.25, -0.2) is 12.8 Å². The molecule has 0 bridgehead atoms. The normalized spacial score (nSPS) is 13.8. The van der Waals surface area contributed by atoms with Gasteiger partial charge in [-0.1, -0.05) is 12.1 Å². The maximum Gasteiger partial charge on any atom is 0.261 e. The number of nitrogens with one attached hydrogen (secondary N) is 2. The van der Waals surface area contributed by atoms with Gasteiger partial charge in [-0.15, -0.1) is 0 Å². The molecule has 1 saturated heterocycles. The molecule has 0 aromatic heterocycles. The number of carbonyl (C=O) groups is 2. The molecule has 3 aromatic rings. The van der Waals surface area contributed by atoms with Crippen LogP contribution >= 0.6 is 0 Å². The third-order valence-electron chi connectivity index (χ3n) is 5.05. The average molecular weight is 453 g/mol. The Hall–Kier alpha value is -3.72. The summed E-state index contributed by atoms with van der Waals surface area (Å²) in [5.74, 6) is -0.986. The van der Waals surface area contributed by atoms with Crippen molar-refractivity contribution in [1.29, 1.82) is 0 Å². The fourth-order valence-electron chi connectivity index (χ4n) is 3.43. The molecule has 0 atom stereocenters. The number of anilines is 3. The molecule has 164 valence electrons. The van der Waals surface area contributed by atoms with Crippen molar-refractivity contribution in [2.45, 2.75) is 17.7 Å². The summed E-state index contributed by atoms with van der Waals surface area (Å²) >= 11 is 0. The van der Waals surface area contributed by atoms with Gasteiger partial charge in [0.15, 0.2) is 0 Å². The van der Waals surface area contributed by atoms with Crippen molar-refractivity contribution in [1.82, 2.24) is 0 Å². The van der Waals surface area contributed by atoms with E-state index in [-0.39, 0.29) is 22.1 Å². The number of hydrogen-bond donors (Lipinski definition) is 2. The summed E-state index contributed by atoms with van der Waals surface area (Å²) in [6.07, 6.45) is 1.35. The van der Waals surface area contributed by atoms with E-state index in [9.17, 15) is 22.4 Å². The van der Waals surface area contributed by atoms with Gasteiger partial charge in [-0.05, 0) is 67.1 Å². The molecule has 2 amide bonds. The summed E-state index contributed by atoms with van der Waals surface area (Å²) in [6.45, 7) is 0.673. The van der Waals surface area contributed by atoms with E-state index in [4.69, 9.17) is 0 Å². The van der Waals surface area contributed by atoms with Crippen molar-refractivity contribution < 1.29 is 22.4 Å². The summed E-state index contributed by atoms with van der Waals surface area (Å²) in [7, 11) is -4.01. The Balaban J connectivity index is 1.51. The minimum absolute atomic E-state index is 0.0733. The second kappa shape index (κ2) is 8.80. The molecule has 1 aliphatic rings. The molecule has 7 nitrogen and oxygen atoms in total. The van der Waals surface area contributed by atoms with Gasteiger partial charge < -0.3 is 10.2 Å². The summed E-state index contributed by atoms with van der Waals surface area (Å²) in [4.78, 5) is 26.3. The summed E-state index contributed by atoms with van der Waals surface area (Å²) in [5, 5.41) is 2.73. The van der Waals surface area contributed by atoms with E-state index in [2.05, 4.69) is 10.0 Å². The van der Waals surface area contributed by atoms with Gasteiger partial charge in [0.1, 0.15) is 5.82 Å². The van der Waals surface area contributed by atoms with Crippen molar-refractivity contribution in [3.05, 3.63) is 84.2 Å². The van der Waals surface area contributed by atoms with Crippen LogP contribution in [0.25, 0.3) is 0 Å². The van der Waals surface area contributed by atoms with E-state index in [1.54, 1.807) is 41.3 Å². The van der Waals surface area contributed by atoms with E-state index in [1.165, 1.54) is 12.1 Å². The van der Waals surface area contributed by atoms with E-state index < -0.39 is 21.7 Å². The first-order chi connectivity index (χ1) is 15.3. The van der Waals surface area contributed by atoms with Crippen LogP contribution in [0, 0.1) is 5.82 Å². The summed E-state index contributed by atoms with van der Waals surface area (Å²) in [6, 6.07) is 17.4. The number of amides is 2. The maximum absolute atomic E-state index is 13.1. The Morgan fingerprint density at radius 3 is 2.28 bits per heavy atom. The quantitative estimate of drug-likeness (QED) is 0.590. The molecule has 0 spiro atoms. The lowest BCUT2D eigenvalue weighted by Crippen LogP contribution is -2.23. The Morgan fingerprint density at radius 2 is 1.62 bits per heavy atom. The smallest absolute Gasteiger partial charge is 0.261 e. The van der Waals surface area contributed by atoms with Crippen LogP contribution in [0.15, 0.2) is 77.7 Å². The van der Waals surface area contributed by atoms with Gasteiger partial charge in [0.25, 0.3) is 15.9 Å². The molecule has 0 aliphatic carbocycles. The van der Waals surface area contributed by atoms with Gasteiger partial charge in [-0.3, -0.25) is 14.3 Å². The van der Waals surface area contributed by atoms with Gasteiger partial charge in [-0.2, -0.15) is 0 Å². The fourth-order valence-corrected chi connectivity index (χ4v) is 4.51. The predicted octanol–water partition coefficient (Wildman–Crippen LogP) is 4.01. The second-order valence-corrected chi connectivity index (χ2v) is 8.94. The van der Waals surface area contributed by atoms with Crippen LogP contribution in [0.3, 0.4) is 0 Å². The Labute approximate surface area is 184 Å². The molecule has 9 heteroatoms. The highest BCUT2D eigenvalue weighted by atomic mass is 32.2. The van der Waals surface area contributed by atoms with Gasteiger partial charge in [0, 0.05) is 24.3 Å². The monoisotopic (exact) mass is 453 g/mol. The van der Waals surface area contributed by atoms with E-state index in [0.29, 0.717) is 18.7 Å². The molecule has 32 heavy (non-hydrogen) atoms. The first-order valence-corrected chi connectivity index (χ1v) is 11.4. The van der Waals surface area contributed by atoms with E-state index in [1.807, 2.05) is 0 Å². The SMILES string of the molecule is O=C(Nc1ccc(N2CCCC2=O)cc1)c1ccccc1NS(=O)(=O)c1ccc(F)cc1. The zero-order chi connectivity index (χ0) is 22.7. The lowest BCUT2D eigenvalue weighted by molar-refractivity contribution is -0.117. The first-order valence-electron chi connectivity index (χ1n) is 9.93. The highest BCUT2D eigenvalue weighted by molar-refractivity contribution is 7.92. The summed E-state index contributed by atoms with van der Waals surface area (Å²) in [5.41, 5.74) is 1.48. The van der Waals surface area contributed by atoms with Crippen molar-refractivity contribution in [3.8, 4) is 0 Å². The number of para-hydroxylation sites is 1.